The number of hydrogen-bond acceptors (Lipinski definition) is 2. The zero-order valence-electron chi connectivity index (χ0n) is 11.7. The molecule has 0 N–H and O–H groups in total. The minimum atomic E-state index is 0.474. The predicted octanol–water partition coefficient (Wildman–Crippen LogP) is 4.99. The van der Waals surface area contributed by atoms with E-state index < -0.39 is 0 Å². The normalized spacial score (nSPS) is 10.2. The summed E-state index contributed by atoms with van der Waals surface area (Å²) in [6, 6.07) is 11.9. The molecule has 0 fully saturated rings. The molecule has 0 aliphatic heterocycles. The number of methoxy groups -OCH3 is 1. The van der Waals surface area contributed by atoms with Gasteiger partial charge in [0, 0.05) is 15.6 Å². The van der Waals surface area contributed by atoms with Gasteiger partial charge >= 0.3 is 0 Å². The fourth-order valence-corrected chi connectivity index (χ4v) is 2.26. The van der Waals surface area contributed by atoms with E-state index in [1.54, 1.807) is 7.11 Å². The first-order valence-corrected chi connectivity index (χ1v) is 7.11. The van der Waals surface area contributed by atoms with Gasteiger partial charge in [-0.15, -0.1) is 0 Å². The zero-order chi connectivity index (χ0) is 14.5. The van der Waals surface area contributed by atoms with Crippen LogP contribution in [0.3, 0.4) is 0 Å². The second kappa shape index (κ2) is 6.62. The van der Waals surface area contributed by atoms with Crippen molar-refractivity contribution in [2.75, 3.05) is 7.11 Å². The summed E-state index contributed by atoms with van der Waals surface area (Å²) in [5.74, 6) is 1.65. The first-order chi connectivity index (χ1) is 9.63. The van der Waals surface area contributed by atoms with Crippen molar-refractivity contribution < 1.29 is 9.47 Å². The van der Waals surface area contributed by atoms with Crippen LogP contribution in [0.15, 0.2) is 47.4 Å². The number of ether oxygens (including phenoxy) is 2. The molecule has 0 atom stereocenters. The molecule has 2 aromatic carbocycles. The van der Waals surface area contributed by atoms with Crippen molar-refractivity contribution in [1.29, 1.82) is 0 Å². The lowest BCUT2D eigenvalue weighted by molar-refractivity contribution is 0.303. The fourth-order valence-electron chi connectivity index (χ4n) is 1.90. The lowest BCUT2D eigenvalue weighted by atomic mass is 10.1. The van der Waals surface area contributed by atoms with Gasteiger partial charge < -0.3 is 9.47 Å². The van der Waals surface area contributed by atoms with Gasteiger partial charge in [0.25, 0.3) is 0 Å². The van der Waals surface area contributed by atoms with Gasteiger partial charge in [0.05, 0.1) is 7.11 Å². The highest BCUT2D eigenvalue weighted by Crippen LogP contribution is 2.26. The molecule has 0 aromatic heterocycles. The van der Waals surface area contributed by atoms with E-state index >= 15 is 0 Å². The Morgan fingerprint density at radius 3 is 2.70 bits per heavy atom. The average Bonchev–Trinajstić information content (AvgIpc) is 2.47. The monoisotopic (exact) mass is 332 g/mol. The number of hydrogen-bond donors (Lipinski definition) is 0. The highest BCUT2D eigenvalue weighted by Gasteiger charge is 2.06. The molecule has 0 saturated heterocycles. The van der Waals surface area contributed by atoms with Crippen LogP contribution < -0.4 is 9.47 Å². The van der Waals surface area contributed by atoms with Crippen LogP contribution in [0.2, 0.25) is 0 Å². The number of aryl methyl sites for hydroxylation is 1. The molecule has 0 unspecified atom stereocenters. The second-order valence-electron chi connectivity index (χ2n) is 4.49. The van der Waals surface area contributed by atoms with Crippen molar-refractivity contribution in [3.05, 3.63) is 64.1 Å². The van der Waals surface area contributed by atoms with Gasteiger partial charge in [-0.05, 0) is 37.3 Å². The van der Waals surface area contributed by atoms with Crippen LogP contribution >= 0.6 is 15.9 Å². The first kappa shape index (κ1) is 14.7. The van der Waals surface area contributed by atoms with Crippen LogP contribution in [0.25, 0.3) is 6.08 Å². The highest BCUT2D eigenvalue weighted by molar-refractivity contribution is 9.10. The average molecular weight is 333 g/mol. The van der Waals surface area contributed by atoms with Gasteiger partial charge in [-0.3, -0.25) is 0 Å². The maximum atomic E-state index is 5.89. The van der Waals surface area contributed by atoms with Crippen molar-refractivity contribution in [2.24, 2.45) is 0 Å². The summed E-state index contributed by atoms with van der Waals surface area (Å²) in [6.07, 6.45) is 1.81. The summed E-state index contributed by atoms with van der Waals surface area (Å²) in [5, 5.41) is 0. The van der Waals surface area contributed by atoms with Crippen molar-refractivity contribution in [2.45, 2.75) is 13.5 Å². The molecule has 0 spiro atoms. The Labute approximate surface area is 128 Å². The van der Waals surface area contributed by atoms with E-state index in [-0.39, 0.29) is 0 Å². The molecule has 0 saturated carbocycles. The quantitative estimate of drug-likeness (QED) is 0.768. The lowest BCUT2D eigenvalue weighted by Crippen LogP contribution is -1.99. The van der Waals surface area contributed by atoms with E-state index in [1.807, 2.05) is 36.4 Å². The maximum absolute atomic E-state index is 5.89. The molecule has 0 radical (unpaired) electrons. The van der Waals surface area contributed by atoms with Crippen LogP contribution in [-0.4, -0.2) is 7.11 Å². The predicted molar refractivity (Wildman–Crippen MR) is 86.3 cm³/mol. The topological polar surface area (TPSA) is 18.5 Å². The van der Waals surface area contributed by atoms with E-state index in [0.717, 1.165) is 27.1 Å². The Kier molecular flexibility index (Phi) is 4.85. The van der Waals surface area contributed by atoms with E-state index in [2.05, 4.69) is 35.5 Å². The van der Waals surface area contributed by atoms with Crippen LogP contribution in [-0.2, 0) is 6.61 Å². The summed E-state index contributed by atoms with van der Waals surface area (Å²) in [6.45, 7) is 6.35. The van der Waals surface area contributed by atoms with Crippen LogP contribution in [0.1, 0.15) is 16.7 Å². The molecule has 0 amide bonds. The Bertz CT molecular complexity index is 620. The molecule has 0 bridgehead atoms. The summed E-state index contributed by atoms with van der Waals surface area (Å²) >= 11 is 3.52. The van der Waals surface area contributed by atoms with E-state index in [0.29, 0.717) is 6.61 Å². The number of benzene rings is 2. The fraction of sp³-hybridized carbons (Fsp3) is 0.176. The SMILES string of the molecule is C=Cc1cc(C)ccc1OCc1cc(OC)ccc1Br. The molecule has 0 heterocycles. The smallest absolute Gasteiger partial charge is 0.127 e. The molecule has 104 valence electrons. The van der Waals surface area contributed by atoms with Gasteiger partial charge in [-0.1, -0.05) is 40.2 Å². The van der Waals surface area contributed by atoms with Gasteiger partial charge in [-0.25, -0.2) is 0 Å². The molecule has 2 aromatic rings. The lowest BCUT2D eigenvalue weighted by Gasteiger charge is -2.12. The molecular weight excluding hydrogens is 316 g/mol. The van der Waals surface area contributed by atoms with Gasteiger partial charge in [0.2, 0.25) is 0 Å². The standard InChI is InChI=1S/C17H17BrO2/c1-4-13-9-12(2)5-8-17(13)20-11-14-10-15(19-3)6-7-16(14)18/h4-10H,1,11H2,2-3H3. The minimum absolute atomic E-state index is 0.474. The molecule has 2 rings (SSSR count). The summed E-state index contributed by atoms with van der Waals surface area (Å²) in [4.78, 5) is 0. The minimum Gasteiger partial charge on any atom is -0.497 e. The van der Waals surface area contributed by atoms with Gasteiger partial charge in [0.15, 0.2) is 0 Å². The maximum Gasteiger partial charge on any atom is 0.127 e. The Hall–Kier alpha value is -1.74. The highest BCUT2D eigenvalue weighted by atomic mass is 79.9. The number of rotatable bonds is 5. The Balaban J connectivity index is 2.18. The summed E-state index contributed by atoms with van der Waals surface area (Å²) in [5.41, 5.74) is 3.23. The molecule has 0 aliphatic carbocycles. The van der Waals surface area contributed by atoms with Crippen molar-refractivity contribution >= 4 is 22.0 Å². The van der Waals surface area contributed by atoms with Crippen LogP contribution in [0.5, 0.6) is 11.5 Å². The van der Waals surface area contributed by atoms with Crippen LogP contribution in [0.4, 0.5) is 0 Å². The molecule has 2 nitrogen and oxygen atoms in total. The van der Waals surface area contributed by atoms with Gasteiger partial charge in [0.1, 0.15) is 18.1 Å². The summed E-state index contributed by atoms with van der Waals surface area (Å²) < 4.78 is 12.1. The zero-order valence-corrected chi connectivity index (χ0v) is 13.2. The second-order valence-corrected chi connectivity index (χ2v) is 5.35. The van der Waals surface area contributed by atoms with E-state index in [1.165, 1.54) is 5.56 Å². The van der Waals surface area contributed by atoms with Crippen molar-refractivity contribution in [3.63, 3.8) is 0 Å². The molecule has 0 aliphatic rings. The molecule has 3 heteroatoms. The Morgan fingerprint density at radius 2 is 2.00 bits per heavy atom. The third-order valence-electron chi connectivity index (χ3n) is 3.02. The van der Waals surface area contributed by atoms with Gasteiger partial charge in [-0.2, -0.15) is 0 Å². The van der Waals surface area contributed by atoms with Crippen molar-refractivity contribution in [3.8, 4) is 11.5 Å². The van der Waals surface area contributed by atoms with Crippen molar-refractivity contribution in [1.82, 2.24) is 0 Å². The summed E-state index contributed by atoms with van der Waals surface area (Å²) in [7, 11) is 1.66. The Morgan fingerprint density at radius 1 is 1.20 bits per heavy atom. The first-order valence-electron chi connectivity index (χ1n) is 6.32. The molecule has 20 heavy (non-hydrogen) atoms. The molecular formula is C17H17BrO2. The van der Waals surface area contributed by atoms with Crippen LogP contribution in [0, 0.1) is 6.92 Å². The number of halogens is 1. The third-order valence-corrected chi connectivity index (χ3v) is 3.79. The van der Waals surface area contributed by atoms with E-state index in [4.69, 9.17) is 9.47 Å². The van der Waals surface area contributed by atoms with E-state index in [9.17, 15) is 0 Å². The third kappa shape index (κ3) is 3.42. The largest absolute Gasteiger partial charge is 0.497 e.